The van der Waals surface area contributed by atoms with Crippen molar-refractivity contribution in [3.05, 3.63) is 35.4 Å². The molecule has 1 fully saturated rings. The van der Waals surface area contributed by atoms with E-state index in [1.54, 1.807) is 0 Å². The lowest BCUT2D eigenvalue weighted by Gasteiger charge is -2.23. The van der Waals surface area contributed by atoms with Crippen molar-refractivity contribution in [1.82, 2.24) is 5.43 Å². The van der Waals surface area contributed by atoms with E-state index in [1.165, 1.54) is 11.1 Å². The van der Waals surface area contributed by atoms with Crippen LogP contribution in [0.25, 0.3) is 0 Å². The van der Waals surface area contributed by atoms with Gasteiger partial charge in [-0.25, -0.2) is 8.42 Å². The molecule has 2 rings (SSSR count). The number of nitrogens with one attached hydrogen (secondary N) is 1. The Morgan fingerprint density at radius 1 is 1.29 bits per heavy atom. The maximum absolute atomic E-state index is 11.6. The quantitative estimate of drug-likeness (QED) is 0.657. The third-order valence-electron chi connectivity index (χ3n) is 4.33. The molecule has 1 aromatic carbocycles. The fourth-order valence-electron chi connectivity index (χ4n) is 2.90. The Hall–Kier alpha value is -0.910. The highest BCUT2D eigenvalue weighted by Gasteiger charge is 2.33. The van der Waals surface area contributed by atoms with E-state index in [9.17, 15) is 8.42 Å². The summed E-state index contributed by atoms with van der Waals surface area (Å²) in [5.74, 6) is 6.30. The second kappa shape index (κ2) is 6.07. The molecule has 4 nitrogen and oxygen atoms in total. The van der Waals surface area contributed by atoms with Crippen LogP contribution in [0.2, 0.25) is 0 Å². The van der Waals surface area contributed by atoms with Gasteiger partial charge in [-0.05, 0) is 35.3 Å². The summed E-state index contributed by atoms with van der Waals surface area (Å²) in [7, 11) is -2.86. The Morgan fingerprint density at radius 3 is 2.33 bits per heavy atom. The number of hydrogen-bond donors (Lipinski definition) is 2. The maximum atomic E-state index is 11.6. The lowest BCUT2D eigenvalue weighted by molar-refractivity contribution is 0.385. The Bertz CT molecular complexity index is 573. The van der Waals surface area contributed by atoms with Gasteiger partial charge in [0, 0.05) is 6.04 Å². The second-order valence-corrected chi connectivity index (χ2v) is 9.32. The molecule has 1 aliphatic rings. The van der Waals surface area contributed by atoms with Crippen molar-refractivity contribution in [2.45, 2.75) is 45.1 Å². The number of benzene rings is 1. The van der Waals surface area contributed by atoms with Crippen LogP contribution in [-0.2, 0) is 21.7 Å². The summed E-state index contributed by atoms with van der Waals surface area (Å²) in [5, 5.41) is 0. The minimum Gasteiger partial charge on any atom is -0.271 e. The van der Waals surface area contributed by atoms with Crippen LogP contribution in [0.1, 0.15) is 38.3 Å². The van der Waals surface area contributed by atoms with Crippen molar-refractivity contribution in [2.75, 3.05) is 11.5 Å². The van der Waals surface area contributed by atoms with Gasteiger partial charge in [-0.3, -0.25) is 11.3 Å². The molecule has 2 atom stereocenters. The van der Waals surface area contributed by atoms with Crippen LogP contribution in [0.3, 0.4) is 0 Å². The first-order valence-electron chi connectivity index (χ1n) is 7.47. The van der Waals surface area contributed by atoms with Gasteiger partial charge in [0.1, 0.15) is 0 Å². The smallest absolute Gasteiger partial charge is 0.150 e. The molecule has 2 unspecified atom stereocenters. The van der Waals surface area contributed by atoms with Crippen LogP contribution in [0.4, 0.5) is 0 Å². The Kier molecular flexibility index (Phi) is 4.76. The first-order valence-corrected chi connectivity index (χ1v) is 9.29. The molecule has 0 aliphatic carbocycles. The summed E-state index contributed by atoms with van der Waals surface area (Å²) in [6.07, 6.45) is 1.47. The summed E-state index contributed by atoms with van der Waals surface area (Å²) >= 11 is 0. The molecule has 0 radical (unpaired) electrons. The first kappa shape index (κ1) is 16.5. The topological polar surface area (TPSA) is 72.2 Å². The fraction of sp³-hybridized carbons (Fsp3) is 0.625. The molecular weight excluding hydrogens is 284 g/mol. The molecule has 1 aromatic rings. The van der Waals surface area contributed by atoms with Gasteiger partial charge in [-0.1, -0.05) is 45.0 Å². The SMILES string of the molecule is CC(C)(C)c1ccc(CC(NN)C2CCS(=O)(=O)C2)cc1. The standard InChI is InChI=1S/C16H26N2O2S/c1-16(2,3)14-6-4-12(5-7-14)10-15(18-17)13-8-9-21(19,20)11-13/h4-7,13,15,18H,8-11,17H2,1-3H3. The number of hydrogen-bond acceptors (Lipinski definition) is 4. The van der Waals surface area contributed by atoms with Crippen LogP contribution < -0.4 is 11.3 Å². The predicted molar refractivity (Wildman–Crippen MR) is 86.7 cm³/mol. The summed E-state index contributed by atoms with van der Waals surface area (Å²) < 4.78 is 23.2. The van der Waals surface area contributed by atoms with Crippen LogP contribution in [-0.4, -0.2) is 26.0 Å². The molecule has 3 N–H and O–H groups in total. The van der Waals surface area contributed by atoms with E-state index in [0.29, 0.717) is 12.2 Å². The fourth-order valence-corrected chi connectivity index (χ4v) is 4.78. The van der Waals surface area contributed by atoms with Crippen molar-refractivity contribution in [2.24, 2.45) is 11.8 Å². The van der Waals surface area contributed by atoms with E-state index in [-0.39, 0.29) is 23.1 Å². The second-order valence-electron chi connectivity index (χ2n) is 7.09. The van der Waals surface area contributed by atoms with E-state index < -0.39 is 9.84 Å². The molecule has 0 saturated carbocycles. The van der Waals surface area contributed by atoms with Gasteiger partial charge in [0.05, 0.1) is 11.5 Å². The monoisotopic (exact) mass is 310 g/mol. The molecule has 0 bridgehead atoms. The molecule has 0 aromatic heterocycles. The van der Waals surface area contributed by atoms with Gasteiger partial charge >= 0.3 is 0 Å². The first-order chi connectivity index (χ1) is 9.71. The molecular formula is C16H26N2O2S. The number of nitrogens with two attached hydrogens (primary N) is 1. The molecule has 0 amide bonds. The van der Waals surface area contributed by atoms with Gasteiger partial charge in [0.2, 0.25) is 0 Å². The van der Waals surface area contributed by atoms with Crippen molar-refractivity contribution >= 4 is 9.84 Å². The average molecular weight is 310 g/mol. The van der Waals surface area contributed by atoms with Crippen molar-refractivity contribution in [1.29, 1.82) is 0 Å². The number of rotatable bonds is 4. The zero-order valence-corrected chi connectivity index (χ0v) is 13.9. The summed E-state index contributed by atoms with van der Waals surface area (Å²) in [5.41, 5.74) is 5.44. The lowest BCUT2D eigenvalue weighted by atomic mass is 9.86. The highest BCUT2D eigenvalue weighted by molar-refractivity contribution is 7.91. The molecule has 1 heterocycles. The Balaban J connectivity index is 2.06. The van der Waals surface area contributed by atoms with Crippen LogP contribution in [0.15, 0.2) is 24.3 Å². The Morgan fingerprint density at radius 2 is 1.90 bits per heavy atom. The van der Waals surface area contributed by atoms with Gasteiger partial charge in [0.25, 0.3) is 0 Å². The van der Waals surface area contributed by atoms with Crippen LogP contribution >= 0.6 is 0 Å². The van der Waals surface area contributed by atoms with Crippen molar-refractivity contribution < 1.29 is 8.42 Å². The van der Waals surface area contributed by atoms with Crippen molar-refractivity contribution in [3.63, 3.8) is 0 Å². The normalized spacial score (nSPS) is 23.1. The molecule has 21 heavy (non-hydrogen) atoms. The minimum atomic E-state index is -2.86. The molecule has 5 heteroatoms. The van der Waals surface area contributed by atoms with E-state index in [2.05, 4.69) is 50.5 Å². The third kappa shape index (κ3) is 4.28. The summed E-state index contributed by atoms with van der Waals surface area (Å²) in [4.78, 5) is 0. The molecule has 0 spiro atoms. The predicted octanol–water partition coefficient (Wildman–Crippen LogP) is 1.79. The minimum absolute atomic E-state index is 0.0164. The van der Waals surface area contributed by atoms with Gasteiger partial charge in [-0.2, -0.15) is 0 Å². The highest BCUT2D eigenvalue weighted by atomic mass is 32.2. The highest BCUT2D eigenvalue weighted by Crippen LogP contribution is 2.25. The summed E-state index contributed by atoms with van der Waals surface area (Å²) in [6.45, 7) is 6.57. The number of sulfone groups is 1. The van der Waals surface area contributed by atoms with Crippen LogP contribution in [0.5, 0.6) is 0 Å². The van der Waals surface area contributed by atoms with Crippen molar-refractivity contribution in [3.8, 4) is 0 Å². The average Bonchev–Trinajstić information content (AvgIpc) is 2.75. The maximum Gasteiger partial charge on any atom is 0.150 e. The van der Waals surface area contributed by atoms with E-state index >= 15 is 0 Å². The lowest BCUT2D eigenvalue weighted by Crippen LogP contribution is -2.43. The molecule has 1 saturated heterocycles. The largest absolute Gasteiger partial charge is 0.271 e. The molecule has 1 aliphatic heterocycles. The van der Waals surface area contributed by atoms with Gasteiger partial charge in [0.15, 0.2) is 9.84 Å². The zero-order chi connectivity index (χ0) is 15.7. The third-order valence-corrected chi connectivity index (χ3v) is 6.12. The number of hydrazine groups is 1. The van der Waals surface area contributed by atoms with E-state index in [1.807, 2.05) is 0 Å². The van der Waals surface area contributed by atoms with Gasteiger partial charge < -0.3 is 0 Å². The van der Waals surface area contributed by atoms with E-state index in [4.69, 9.17) is 5.84 Å². The Labute approximate surface area is 128 Å². The van der Waals surface area contributed by atoms with Gasteiger partial charge in [-0.15, -0.1) is 0 Å². The van der Waals surface area contributed by atoms with Crippen LogP contribution in [0, 0.1) is 5.92 Å². The zero-order valence-electron chi connectivity index (χ0n) is 13.1. The summed E-state index contributed by atoms with van der Waals surface area (Å²) in [6, 6.07) is 8.55. The molecule has 118 valence electrons. The van der Waals surface area contributed by atoms with E-state index in [0.717, 1.165) is 6.42 Å².